The van der Waals surface area contributed by atoms with Gasteiger partial charge in [0, 0.05) is 24.1 Å². The fourth-order valence-corrected chi connectivity index (χ4v) is 2.84. The van der Waals surface area contributed by atoms with Gasteiger partial charge in [0.25, 0.3) is 0 Å². The molecule has 0 saturated heterocycles. The van der Waals surface area contributed by atoms with Gasteiger partial charge in [0.1, 0.15) is 11.5 Å². The molecule has 1 aromatic heterocycles. The van der Waals surface area contributed by atoms with Gasteiger partial charge < -0.3 is 4.74 Å². The summed E-state index contributed by atoms with van der Waals surface area (Å²) in [6, 6.07) is 5.43. The minimum absolute atomic E-state index is 0.202. The Morgan fingerprint density at radius 3 is 2.86 bits per heavy atom. The van der Waals surface area contributed by atoms with E-state index in [0.29, 0.717) is 12.2 Å². The quantitative estimate of drug-likeness (QED) is 0.848. The standard InChI is InChI=1S/C17H21FN2O/c1-4-12-6-7-13(14(18)10-12)16-15(11(2)3)17-20(19-16)8-5-9-21-17/h6-7,10-11H,4-5,8-9H2,1-3H3. The van der Waals surface area contributed by atoms with Crippen LogP contribution in [0.1, 0.15) is 44.2 Å². The summed E-state index contributed by atoms with van der Waals surface area (Å²) in [5, 5.41) is 4.61. The van der Waals surface area contributed by atoms with Crippen LogP contribution >= 0.6 is 0 Å². The average Bonchev–Trinajstić information content (AvgIpc) is 2.86. The molecular weight excluding hydrogens is 267 g/mol. The summed E-state index contributed by atoms with van der Waals surface area (Å²) in [5.41, 5.74) is 3.31. The van der Waals surface area contributed by atoms with Crippen LogP contribution in [-0.2, 0) is 13.0 Å². The first kappa shape index (κ1) is 14.1. The SMILES string of the molecule is CCc1ccc(-c2nn3c(c2C(C)C)OCCC3)c(F)c1. The zero-order chi connectivity index (χ0) is 15.0. The van der Waals surface area contributed by atoms with E-state index in [-0.39, 0.29) is 11.7 Å². The third-order valence-corrected chi connectivity index (χ3v) is 3.97. The Morgan fingerprint density at radius 1 is 1.38 bits per heavy atom. The lowest BCUT2D eigenvalue weighted by atomic mass is 9.97. The number of hydrogen-bond acceptors (Lipinski definition) is 2. The van der Waals surface area contributed by atoms with Crippen molar-refractivity contribution in [1.29, 1.82) is 0 Å². The van der Waals surface area contributed by atoms with Crippen molar-refractivity contribution in [2.45, 2.75) is 46.1 Å². The number of nitrogens with zero attached hydrogens (tertiary/aromatic N) is 2. The minimum atomic E-state index is -0.202. The number of ether oxygens (including phenoxy) is 1. The molecule has 1 aliphatic heterocycles. The van der Waals surface area contributed by atoms with Gasteiger partial charge in [-0.05, 0) is 30.0 Å². The first-order valence-electron chi connectivity index (χ1n) is 7.64. The van der Waals surface area contributed by atoms with Crippen LogP contribution in [0.15, 0.2) is 18.2 Å². The van der Waals surface area contributed by atoms with Crippen LogP contribution in [-0.4, -0.2) is 16.4 Å². The molecule has 0 unspecified atom stereocenters. The van der Waals surface area contributed by atoms with E-state index in [1.807, 2.05) is 23.7 Å². The summed E-state index contributed by atoms with van der Waals surface area (Å²) in [6.07, 6.45) is 1.78. The molecule has 3 rings (SSSR count). The first-order chi connectivity index (χ1) is 10.1. The maximum Gasteiger partial charge on any atom is 0.215 e. The van der Waals surface area contributed by atoms with Gasteiger partial charge in [0.05, 0.1) is 6.61 Å². The molecule has 112 valence electrons. The van der Waals surface area contributed by atoms with E-state index < -0.39 is 0 Å². The molecule has 1 aliphatic rings. The highest BCUT2D eigenvalue weighted by Crippen LogP contribution is 2.38. The van der Waals surface area contributed by atoms with Crippen molar-refractivity contribution in [2.24, 2.45) is 0 Å². The second-order valence-electron chi connectivity index (χ2n) is 5.82. The van der Waals surface area contributed by atoms with E-state index in [0.717, 1.165) is 42.1 Å². The lowest BCUT2D eigenvalue weighted by molar-refractivity contribution is 0.227. The largest absolute Gasteiger partial charge is 0.478 e. The van der Waals surface area contributed by atoms with Gasteiger partial charge >= 0.3 is 0 Å². The van der Waals surface area contributed by atoms with Crippen LogP contribution in [0.3, 0.4) is 0 Å². The predicted octanol–water partition coefficient (Wildman–Crippen LogP) is 4.16. The van der Waals surface area contributed by atoms with Gasteiger partial charge in [-0.2, -0.15) is 5.10 Å². The molecule has 0 fully saturated rings. The van der Waals surface area contributed by atoms with Crippen molar-refractivity contribution >= 4 is 0 Å². The number of aromatic nitrogens is 2. The van der Waals surface area contributed by atoms with E-state index in [1.165, 1.54) is 0 Å². The number of fused-ring (bicyclic) bond motifs is 1. The maximum absolute atomic E-state index is 14.4. The molecule has 0 radical (unpaired) electrons. The van der Waals surface area contributed by atoms with E-state index >= 15 is 0 Å². The molecule has 0 N–H and O–H groups in total. The van der Waals surface area contributed by atoms with Crippen LogP contribution in [0.5, 0.6) is 5.88 Å². The summed E-state index contributed by atoms with van der Waals surface area (Å²) in [6.45, 7) is 7.76. The molecule has 2 heterocycles. The lowest BCUT2D eigenvalue weighted by Gasteiger charge is -2.17. The molecular formula is C17H21FN2O. The molecule has 0 saturated carbocycles. The van der Waals surface area contributed by atoms with E-state index in [1.54, 1.807) is 6.07 Å². The van der Waals surface area contributed by atoms with Crippen LogP contribution in [0.25, 0.3) is 11.3 Å². The Labute approximate surface area is 124 Å². The summed E-state index contributed by atoms with van der Waals surface area (Å²) in [4.78, 5) is 0. The lowest BCUT2D eigenvalue weighted by Crippen LogP contribution is -2.15. The second kappa shape index (κ2) is 5.51. The molecule has 0 bridgehead atoms. The van der Waals surface area contributed by atoms with E-state index in [9.17, 15) is 4.39 Å². The van der Waals surface area contributed by atoms with Gasteiger partial charge in [-0.3, -0.25) is 0 Å². The minimum Gasteiger partial charge on any atom is -0.478 e. The first-order valence-corrected chi connectivity index (χ1v) is 7.64. The van der Waals surface area contributed by atoms with Crippen molar-refractivity contribution in [3.05, 3.63) is 35.1 Å². The fourth-order valence-electron chi connectivity index (χ4n) is 2.84. The molecule has 0 atom stereocenters. The molecule has 0 spiro atoms. The zero-order valence-electron chi connectivity index (χ0n) is 12.8. The second-order valence-corrected chi connectivity index (χ2v) is 5.82. The number of benzene rings is 1. The van der Waals surface area contributed by atoms with Crippen molar-refractivity contribution < 1.29 is 9.13 Å². The van der Waals surface area contributed by atoms with Crippen LogP contribution < -0.4 is 4.74 Å². The third-order valence-electron chi connectivity index (χ3n) is 3.97. The summed E-state index contributed by atoms with van der Waals surface area (Å²) >= 11 is 0. The van der Waals surface area contributed by atoms with Gasteiger partial charge in [-0.25, -0.2) is 9.07 Å². The molecule has 21 heavy (non-hydrogen) atoms. The van der Waals surface area contributed by atoms with Gasteiger partial charge in [0.2, 0.25) is 5.88 Å². The fraction of sp³-hybridized carbons (Fsp3) is 0.471. The number of aryl methyl sites for hydroxylation is 2. The average molecular weight is 288 g/mol. The molecule has 4 heteroatoms. The Hall–Kier alpha value is -1.84. The molecule has 1 aromatic carbocycles. The molecule has 2 aromatic rings. The maximum atomic E-state index is 14.4. The molecule has 3 nitrogen and oxygen atoms in total. The number of halogens is 1. The van der Waals surface area contributed by atoms with Gasteiger partial charge in [-0.1, -0.05) is 26.8 Å². The highest BCUT2D eigenvalue weighted by molar-refractivity contribution is 5.67. The normalized spacial score (nSPS) is 14.1. The summed E-state index contributed by atoms with van der Waals surface area (Å²) in [5.74, 6) is 0.851. The van der Waals surface area contributed by atoms with Crippen LogP contribution in [0.2, 0.25) is 0 Å². The number of rotatable bonds is 3. The smallest absolute Gasteiger partial charge is 0.215 e. The monoisotopic (exact) mass is 288 g/mol. The Morgan fingerprint density at radius 2 is 2.19 bits per heavy atom. The van der Waals surface area contributed by atoms with E-state index in [4.69, 9.17) is 4.74 Å². The molecule has 0 amide bonds. The van der Waals surface area contributed by atoms with E-state index in [2.05, 4.69) is 18.9 Å². The molecule has 0 aliphatic carbocycles. The van der Waals surface area contributed by atoms with Crippen LogP contribution in [0, 0.1) is 5.82 Å². The van der Waals surface area contributed by atoms with Gasteiger partial charge in [-0.15, -0.1) is 0 Å². The summed E-state index contributed by atoms with van der Waals surface area (Å²) < 4.78 is 22.1. The van der Waals surface area contributed by atoms with Gasteiger partial charge in [0.15, 0.2) is 0 Å². The Kier molecular flexibility index (Phi) is 3.70. The third kappa shape index (κ3) is 2.43. The Bertz CT molecular complexity index is 661. The topological polar surface area (TPSA) is 27.1 Å². The predicted molar refractivity (Wildman–Crippen MR) is 81.2 cm³/mol. The zero-order valence-corrected chi connectivity index (χ0v) is 12.8. The van der Waals surface area contributed by atoms with Crippen molar-refractivity contribution in [3.8, 4) is 17.1 Å². The highest BCUT2D eigenvalue weighted by atomic mass is 19.1. The van der Waals surface area contributed by atoms with Crippen LogP contribution in [0.4, 0.5) is 4.39 Å². The summed E-state index contributed by atoms with van der Waals surface area (Å²) in [7, 11) is 0. The Balaban J connectivity index is 2.16. The van der Waals surface area contributed by atoms with Crippen molar-refractivity contribution in [1.82, 2.24) is 9.78 Å². The van der Waals surface area contributed by atoms with Crippen molar-refractivity contribution in [2.75, 3.05) is 6.61 Å². The van der Waals surface area contributed by atoms with Crippen molar-refractivity contribution in [3.63, 3.8) is 0 Å². The number of hydrogen-bond donors (Lipinski definition) is 0. The highest BCUT2D eigenvalue weighted by Gasteiger charge is 2.26.